The number of piperidine rings is 1. The van der Waals surface area contributed by atoms with Crippen LogP contribution < -0.4 is 16.0 Å². The molecule has 10 nitrogen and oxygen atoms in total. The van der Waals surface area contributed by atoms with E-state index in [1.165, 1.54) is 20.3 Å². The number of likely N-dealkylation sites (tertiary alicyclic amines) is 1. The number of β-amino-alcohol motifs (C(OH)–C–C–N with tert-alkyl or cyclic N) is 1. The van der Waals surface area contributed by atoms with Gasteiger partial charge in [-0.15, -0.1) is 0 Å². The lowest BCUT2D eigenvalue weighted by Crippen LogP contribution is -2.64. The standard InChI is InChI=1S/C40H60N4O6S/c1-39(2,3)43-37(47)33-25-30-19-13-14-20-31(30)26-44(33)27-34(45)32(23-21-28-15-9-7-10-16-28)41-38(48)36(40(4,5)51(6,49)50)42-35(46)24-22-29-17-11-8-12-18-29/h7-12,15-18,30-34,36,45H,13-14,19-27H2,1-6H3,(H,41,48)(H,42,46)(H,43,47)/t30-,31+,32-,33-,34+,36+/m0/s1. The molecule has 2 aliphatic rings. The first-order valence-electron chi connectivity index (χ1n) is 18.6. The van der Waals surface area contributed by atoms with E-state index in [0.29, 0.717) is 37.6 Å². The minimum atomic E-state index is -3.83. The maximum absolute atomic E-state index is 14.2. The molecule has 51 heavy (non-hydrogen) atoms. The molecule has 2 aromatic carbocycles. The molecule has 0 spiro atoms. The highest BCUT2D eigenvalue weighted by Gasteiger charge is 2.46. The molecule has 282 valence electrons. The monoisotopic (exact) mass is 724 g/mol. The first kappa shape index (κ1) is 40.5. The highest BCUT2D eigenvalue weighted by atomic mass is 32.2. The topological polar surface area (TPSA) is 145 Å². The number of carbonyl (C=O) groups excluding carboxylic acids is 3. The van der Waals surface area contributed by atoms with Crippen molar-refractivity contribution in [2.45, 2.75) is 127 Å². The van der Waals surface area contributed by atoms with Crippen LogP contribution in [-0.2, 0) is 37.1 Å². The number of aliphatic hydroxyl groups excluding tert-OH is 1. The maximum Gasteiger partial charge on any atom is 0.244 e. The number of sulfone groups is 1. The number of aliphatic hydroxyl groups is 1. The van der Waals surface area contributed by atoms with Gasteiger partial charge in [-0.3, -0.25) is 19.3 Å². The summed E-state index contributed by atoms with van der Waals surface area (Å²) in [5.41, 5.74) is 1.56. The van der Waals surface area contributed by atoms with E-state index in [1.54, 1.807) is 0 Å². The minimum Gasteiger partial charge on any atom is -0.390 e. The number of hydrogen-bond acceptors (Lipinski definition) is 7. The fourth-order valence-corrected chi connectivity index (χ4v) is 8.09. The van der Waals surface area contributed by atoms with Gasteiger partial charge >= 0.3 is 0 Å². The lowest BCUT2D eigenvalue weighted by Gasteiger charge is -2.47. The zero-order valence-corrected chi connectivity index (χ0v) is 32.2. The Morgan fingerprint density at radius 2 is 1.43 bits per heavy atom. The fraction of sp³-hybridized carbons (Fsp3) is 0.625. The zero-order valence-electron chi connectivity index (χ0n) is 31.4. The van der Waals surface area contributed by atoms with Gasteiger partial charge in [0.1, 0.15) is 6.04 Å². The summed E-state index contributed by atoms with van der Waals surface area (Å²) in [7, 11) is -3.83. The molecule has 1 aliphatic heterocycles. The van der Waals surface area contributed by atoms with E-state index in [9.17, 15) is 27.9 Å². The third-order valence-corrected chi connectivity index (χ3v) is 13.0. The molecule has 1 heterocycles. The van der Waals surface area contributed by atoms with Gasteiger partial charge in [0.15, 0.2) is 9.84 Å². The van der Waals surface area contributed by atoms with E-state index in [0.717, 1.165) is 43.1 Å². The molecule has 3 amide bonds. The second-order valence-electron chi connectivity index (χ2n) is 16.3. The van der Waals surface area contributed by atoms with Gasteiger partial charge in [0.25, 0.3) is 0 Å². The summed E-state index contributed by atoms with van der Waals surface area (Å²) in [5, 5.41) is 20.8. The van der Waals surface area contributed by atoms with Crippen LogP contribution in [0.4, 0.5) is 0 Å². The average Bonchev–Trinajstić information content (AvgIpc) is 3.07. The molecule has 1 saturated carbocycles. The van der Waals surface area contributed by atoms with E-state index in [1.807, 2.05) is 81.4 Å². The summed E-state index contributed by atoms with van der Waals surface area (Å²) < 4.78 is 24.4. The molecule has 1 saturated heterocycles. The summed E-state index contributed by atoms with van der Waals surface area (Å²) in [6.45, 7) is 9.60. The van der Waals surface area contributed by atoms with Gasteiger partial charge in [-0.25, -0.2) is 8.42 Å². The molecule has 0 radical (unpaired) electrons. The Balaban J connectivity index is 1.58. The fourth-order valence-electron chi connectivity index (χ4n) is 7.49. The van der Waals surface area contributed by atoms with Crippen molar-refractivity contribution < 1.29 is 27.9 Å². The quantitative estimate of drug-likeness (QED) is 0.216. The maximum atomic E-state index is 14.2. The largest absolute Gasteiger partial charge is 0.390 e. The Labute approximate surface area is 305 Å². The van der Waals surface area contributed by atoms with Crippen LogP contribution in [0.3, 0.4) is 0 Å². The van der Waals surface area contributed by atoms with Gasteiger partial charge in [-0.1, -0.05) is 79.9 Å². The van der Waals surface area contributed by atoms with Gasteiger partial charge in [-0.05, 0) is 89.7 Å². The van der Waals surface area contributed by atoms with Crippen LogP contribution in [0.25, 0.3) is 0 Å². The van der Waals surface area contributed by atoms with Crippen molar-refractivity contribution in [2.75, 3.05) is 19.3 Å². The van der Waals surface area contributed by atoms with Crippen LogP contribution in [-0.4, -0.2) is 90.0 Å². The van der Waals surface area contributed by atoms with E-state index < -0.39 is 56.2 Å². The van der Waals surface area contributed by atoms with Crippen LogP contribution >= 0.6 is 0 Å². The van der Waals surface area contributed by atoms with E-state index in [2.05, 4.69) is 20.9 Å². The first-order valence-corrected chi connectivity index (χ1v) is 20.4. The number of nitrogens with zero attached hydrogens (tertiary/aromatic N) is 1. The van der Waals surface area contributed by atoms with Gasteiger partial charge in [0.05, 0.1) is 22.9 Å². The van der Waals surface area contributed by atoms with Crippen LogP contribution in [0.2, 0.25) is 0 Å². The van der Waals surface area contributed by atoms with Crippen LogP contribution in [0.15, 0.2) is 60.7 Å². The predicted octanol–water partition coefficient (Wildman–Crippen LogP) is 4.20. The molecular formula is C40H60N4O6S. The third kappa shape index (κ3) is 11.6. The number of rotatable bonds is 15. The van der Waals surface area contributed by atoms with Gasteiger partial charge < -0.3 is 21.1 Å². The van der Waals surface area contributed by atoms with Gasteiger partial charge in [-0.2, -0.15) is 0 Å². The Bertz CT molecular complexity index is 1560. The van der Waals surface area contributed by atoms with E-state index >= 15 is 0 Å². The number of amides is 3. The Hall–Kier alpha value is -3.28. The summed E-state index contributed by atoms with van der Waals surface area (Å²) >= 11 is 0. The molecule has 1 aliphatic carbocycles. The number of aryl methyl sites for hydroxylation is 2. The van der Waals surface area contributed by atoms with Crippen molar-refractivity contribution in [1.29, 1.82) is 0 Å². The molecule has 0 aromatic heterocycles. The second-order valence-corrected chi connectivity index (χ2v) is 18.9. The molecule has 2 aromatic rings. The molecule has 0 unspecified atom stereocenters. The number of carbonyl (C=O) groups is 3. The summed E-state index contributed by atoms with van der Waals surface area (Å²) in [4.78, 5) is 43.2. The molecule has 4 N–H and O–H groups in total. The highest BCUT2D eigenvalue weighted by Crippen LogP contribution is 2.39. The van der Waals surface area contributed by atoms with E-state index in [4.69, 9.17) is 0 Å². The predicted molar refractivity (Wildman–Crippen MR) is 202 cm³/mol. The van der Waals surface area contributed by atoms with Crippen LogP contribution in [0.5, 0.6) is 0 Å². The van der Waals surface area contributed by atoms with Crippen molar-refractivity contribution in [1.82, 2.24) is 20.9 Å². The molecule has 11 heteroatoms. The lowest BCUT2D eigenvalue weighted by atomic mass is 9.72. The molecule has 2 fully saturated rings. The number of hydrogen-bond donors (Lipinski definition) is 4. The normalized spacial score (nSPS) is 21.8. The average molecular weight is 725 g/mol. The summed E-state index contributed by atoms with van der Waals surface area (Å²) in [6, 6.07) is 16.6. The smallest absolute Gasteiger partial charge is 0.244 e. The van der Waals surface area contributed by atoms with Crippen molar-refractivity contribution in [3.8, 4) is 0 Å². The highest BCUT2D eigenvalue weighted by molar-refractivity contribution is 7.92. The van der Waals surface area contributed by atoms with Gasteiger partial charge in [0, 0.05) is 31.3 Å². The van der Waals surface area contributed by atoms with Crippen molar-refractivity contribution in [2.24, 2.45) is 11.8 Å². The molecular weight excluding hydrogens is 665 g/mol. The van der Waals surface area contributed by atoms with Crippen molar-refractivity contribution in [3.63, 3.8) is 0 Å². The SMILES string of the molecule is CC(C)(C)NC(=O)[C@@H]1C[C@@H]2CCCC[C@@H]2CN1C[C@@H](O)[C@H](CCc1ccccc1)NC(=O)[C@@H](NC(=O)CCc1ccccc1)C(C)(C)S(C)(=O)=O. The second kappa shape index (κ2) is 17.5. The van der Waals surface area contributed by atoms with E-state index in [-0.39, 0.29) is 18.9 Å². The summed E-state index contributed by atoms with van der Waals surface area (Å²) in [5.74, 6) is -0.283. The Morgan fingerprint density at radius 1 is 0.863 bits per heavy atom. The van der Waals surface area contributed by atoms with Crippen LogP contribution in [0.1, 0.15) is 90.7 Å². The number of benzene rings is 2. The molecule has 0 bridgehead atoms. The number of nitrogens with one attached hydrogen (secondary N) is 3. The minimum absolute atomic E-state index is 0.0585. The first-order chi connectivity index (χ1) is 23.9. The Morgan fingerprint density at radius 3 is 2.00 bits per heavy atom. The zero-order chi connectivity index (χ0) is 37.4. The third-order valence-electron chi connectivity index (χ3n) is 10.8. The van der Waals surface area contributed by atoms with Crippen molar-refractivity contribution >= 4 is 27.6 Å². The van der Waals surface area contributed by atoms with Crippen LogP contribution in [0, 0.1) is 11.8 Å². The lowest BCUT2D eigenvalue weighted by molar-refractivity contribution is -0.133. The Kier molecular flexibility index (Phi) is 13.9. The molecule has 4 rings (SSSR count). The van der Waals surface area contributed by atoms with Crippen molar-refractivity contribution in [3.05, 3.63) is 71.8 Å². The number of fused-ring (bicyclic) bond motifs is 1. The molecule has 6 atom stereocenters. The summed E-state index contributed by atoms with van der Waals surface area (Å²) in [6.07, 6.45) is 6.63. The van der Waals surface area contributed by atoms with Gasteiger partial charge in [0.2, 0.25) is 17.7 Å².